The first-order valence-electron chi connectivity index (χ1n) is 8.48. The van der Waals surface area contributed by atoms with E-state index in [9.17, 15) is 13.2 Å². The highest BCUT2D eigenvalue weighted by atomic mass is 35.5. The first-order chi connectivity index (χ1) is 12.4. The lowest BCUT2D eigenvalue weighted by Gasteiger charge is -2.32. The van der Waals surface area contributed by atoms with E-state index in [1.165, 1.54) is 17.4 Å². The molecule has 138 valence electrons. The highest BCUT2D eigenvalue weighted by molar-refractivity contribution is 7.89. The molecule has 2 bridgehead atoms. The van der Waals surface area contributed by atoms with Crippen molar-refractivity contribution in [3.8, 4) is 0 Å². The molecule has 3 unspecified atom stereocenters. The van der Waals surface area contributed by atoms with Gasteiger partial charge in [-0.25, -0.2) is 8.42 Å². The van der Waals surface area contributed by atoms with Gasteiger partial charge < -0.3 is 5.32 Å². The Hall–Kier alpha value is -1.41. The second-order valence-electron chi connectivity index (χ2n) is 6.95. The zero-order valence-electron chi connectivity index (χ0n) is 14.2. The third kappa shape index (κ3) is 3.07. The number of hydrogen-bond donors (Lipinski definition) is 1. The van der Waals surface area contributed by atoms with Crippen LogP contribution in [0.15, 0.2) is 40.6 Å². The average Bonchev–Trinajstić information content (AvgIpc) is 3.33. The predicted octanol–water partition coefficient (Wildman–Crippen LogP) is 3.29. The summed E-state index contributed by atoms with van der Waals surface area (Å²) in [6.07, 6.45) is 1.61. The van der Waals surface area contributed by atoms with Crippen LogP contribution in [0.2, 0.25) is 5.02 Å². The number of sulfonamides is 1. The number of thiophene rings is 1. The van der Waals surface area contributed by atoms with Gasteiger partial charge in [-0.15, -0.1) is 11.3 Å². The van der Waals surface area contributed by atoms with Gasteiger partial charge in [0.1, 0.15) is 0 Å². The van der Waals surface area contributed by atoms with Crippen LogP contribution in [0.4, 0.5) is 0 Å². The van der Waals surface area contributed by atoms with E-state index in [1.807, 2.05) is 18.4 Å². The number of aryl methyl sites for hydroxylation is 1. The lowest BCUT2D eigenvalue weighted by Crippen LogP contribution is -2.51. The van der Waals surface area contributed by atoms with Gasteiger partial charge in [0.25, 0.3) is 5.91 Å². The summed E-state index contributed by atoms with van der Waals surface area (Å²) in [5.41, 5.74) is 0.842. The highest BCUT2D eigenvalue weighted by Crippen LogP contribution is 2.41. The van der Waals surface area contributed by atoms with E-state index in [2.05, 4.69) is 5.32 Å². The van der Waals surface area contributed by atoms with Gasteiger partial charge in [0.05, 0.1) is 9.77 Å². The summed E-state index contributed by atoms with van der Waals surface area (Å²) in [6.45, 7) is 2.34. The van der Waals surface area contributed by atoms with Gasteiger partial charge in [0.15, 0.2) is 0 Å². The summed E-state index contributed by atoms with van der Waals surface area (Å²) in [4.78, 5) is 13.2. The van der Waals surface area contributed by atoms with E-state index in [1.54, 1.807) is 22.5 Å². The number of fused-ring (bicyclic) bond motifs is 2. The molecule has 1 saturated heterocycles. The zero-order chi connectivity index (χ0) is 18.5. The Morgan fingerprint density at radius 1 is 1.31 bits per heavy atom. The van der Waals surface area contributed by atoms with Crippen molar-refractivity contribution in [3.05, 3.63) is 51.2 Å². The summed E-state index contributed by atoms with van der Waals surface area (Å²) in [6, 6.07) is 8.08. The molecule has 0 spiro atoms. The molecule has 1 N–H and O–H groups in total. The Bertz CT molecular complexity index is 943. The van der Waals surface area contributed by atoms with Crippen LogP contribution in [0, 0.1) is 12.8 Å². The van der Waals surface area contributed by atoms with Crippen molar-refractivity contribution in [3.63, 3.8) is 0 Å². The molecule has 8 heteroatoms. The molecule has 3 atom stereocenters. The molecule has 1 aromatic carbocycles. The monoisotopic (exact) mass is 410 g/mol. The van der Waals surface area contributed by atoms with Gasteiger partial charge in [0.2, 0.25) is 10.0 Å². The number of nitrogens with zero attached hydrogens (tertiary/aromatic N) is 1. The van der Waals surface area contributed by atoms with Crippen LogP contribution in [0.5, 0.6) is 0 Å². The Balaban J connectivity index is 1.56. The van der Waals surface area contributed by atoms with Crippen molar-refractivity contribution in [1.82, 2.24) is 9.62 Å². The van der Waals surface area contributed by atoms with E-state index in [4.69, 9.17) is 11.6 Å². The lowest BCUT2D eigenvalue weighted by atomic mass is 10.1. The van der Waals surface area contributed by atoms with Crippen LogP contribution in [-0.4, -0.2) is 37.3 Å². The molecule has 2 aliphatic rings. The normalized spacial score (nSPS) is 25.5. The standard InChI is InChI=1S/C18H19ClN2O3S2/c1-11-4-5-13(9-14(11)19)26(23,24)21-10-12-7-15(16(21)8-12)20-18(22)17-3-2-6-25-17/h2-6,9,12,15-16H,7-8,10H2,1H3,(H,20,22). The van der Waals surface area contributed by atoms with Crippen molar-refractivity contribution < 1.29 is 13.2 Å². The maximum absolute atomic E-state index is 13.1. The minimum absolute atomic E-state index is 0.131. The predicted molar refractivity (Wildman–Crippen MR) is 102 cm³/mol. The van der Waals surface area contributed by atoms with Gasteiger partial charge in [-0.1, -0.05) is 23.7 Å². The second kappa shape index (κ2) is 6.64. The maximum atomic E-state index is 13.1. The lowest BCUT2D eigenvalue weighted by molar-refractivity contribution is 0.0921. The number of rotatable bonds is 4. The summed E-state index contributed by atoms with van der Waals surface area (Å²) in [5.74, 6) is 0.151. The number of hydrogen-bond acceptors (Lipinski definition) is 4. The first-order valence-corrected chi connectivity index (χ1v) is 11.2. The van der Waals surface area contributed by atoms with Gasteiger partial charge in [-0.05, 0) is 54.8 Å². The van der Waals surface area contributed by atoms with E-state index in [0.29, 0.717) is 16.4 Å². The Morgan fingerprint density at radius 2 is 2.12 bits per heavy atom. The minimum Gasteiger partial charge on any atom is -0.347 e. The third-order valence-corrected chi connectivity index (χ3v) is 8.41. The van der Waals surface area contributed by atoms with Crippen LogP contribution >= 0.6 is 22.9 Å². The van der Waals surface area contributed by atoms with Gasteiger partial charge in [-0.2, -0.15) is 4.31 Å². The van der Waals surface area contributed by atoms with Crippen LogP contribution in [0.3, 0.4) is 0 Å². The van der Waals surface area contributed by atoms with E-state index < -0.39 is 10.0 Å². The second-order valence-corrected chi connectivity index (χ2v) is 10.2. The number of nitrogens with one attached hydrogen (secondary N) is 1. The maximum Gasteiger partial charge on any atom is 0.261 e. The highest BCUT2D eigenvalue weighted by Gasteiger charge is 2.50. The van der Waals surface area contributed by atoms with Crippen molar-refractivity contribution in [2.45, 2.75) is 36.7 Å². The van der Waals surface area contributed by atoms with E-state index in [0.717, 1.165) is 18.4 Å². The topological polar surface area (TPSA) is 66.5 Å². The molecule has 2 fully saturated rings. The SMILES string of the molecule is Cc1ccc(S(=O)(=O)N2CC3CC(NC(=O)c4cccs4)C2C3)cc1Cl. The van der Waals surface area contributed by atoms with Crippen molar-refractivity contribution >= 4 is 38.9 Å². The Kier molecular flexibility index (Phi) is 4.59. The van der Waals surface area contributed by atoms with Crippen LogP contribution < -0.4 is 5.32 Å². The van der Waals surface area contributed by atoms with Crippen molar-refractivity contribution in [2.24, 2.45) is 5.92 Å². The van der Waals surface area contributed by atoms with Crippen molar-refractivity contribution in [1.29, 1.82) is 0 Å². The summed E-state index contributed by atoms with van der Waals surface area (Å²) in [7, 11) is -3.63. The number of benzene rings is 1. The summed E-state index contributed by atoms with van der Waals surface area (Å²) < 4.78 is 27.8. The van der Waals surface area contributed by atoms with Gasteiger partial charge in [0, 0.05) is 23.7 Å². The first kappa shape index (κ1) is 18.0. The van der Waals surface area contributed by atoms with Gasteiger partial charge >= 0.3 is 0 Å². The molecular weight excluding hydrogens is 392 g/mol. The Morgan fingerprint density at radius 3 is 2.77 bits per heavy atom. The zero-order valence-corrected chi connectivity index (χ0v) is 16.6. The third-order valence-electron chi connectivity index (χ3n) is 5.25. The van der Waals surface area contributed by atoms with Crippen LogP contribution in [0.25, 0.3) is 0 Å². The number of amides is 1. The molecular formula is C18H19ClN2O3S2. The number of carbonyl (C=O) groups is 1. The van der Waals surface area contributed by atoms with Crippen LogP contribution in [-0.2, 0) is 10.0 Å². The number of halogens is 1. The molecule has 2 aromatic rings. The molecule has 5 nitrogen and oxygen atoms in total. The average molecular weight is 411 g/mol. The molecule has 2 heterocycles. The number of piperidine rings is 1. The van der Waals surface area contributed by atoms with Gasteiger partial charge in [-0.3, -0.25) is 4.79 Å². The molecule has 1 saturated carbocycles. The number of carbonyl (C=O) groups excluding carboxylic acids is 1. The molecule has 0 radical (unpaired) electrons. The van der Waals surface area contributed by atoms with Crippen LogP contribution in [0.1, 0.15) is 28.1 Å². The summed E-state index contributed by atoms with van der Waals surface area (Å²) in [5, 5.41) is 5.32. The molecule has 1 aromatic heterocycles. The smallest absolute Gasteiger partial charge is 0.261 e. The van der Waals surface area contributed by atoms with Crippen molar-refractivity contribution in [2.75, 3.05) is 6.54 Å². The fourth-order valence-electron chi connectivity index (χ4n) is 3.92. The minimum atomic E-state index is -3.63. The summed E-state index contributed by atoms with van der Waals surface area (Å²) >= 11 is 7.50. The molecule has 26 heavy (non-hydrogen) atoms. The quantitative estimate of drug-likeness (QED) is 0.840. The molecule has 1 amide bonds. The molecule has 4 rings (SSSR count). The fraction of sp³-hybridized carbons (Fsp3) is 0.389. The molecule has 1 aliphatic carbocycles. The van der Waals surface area contributed by atoms with E-state index in [-0.39, 0.29) is 28.8 Å². The van der Waals surface area contributed by atoms with E-state index >= 15 is 0 Å². The molecule has 1 aliphatic heterocycles. The fourth-order valence-corrected chi connectivity index (χ4v) is 6.57. The Labute approximate surface area is 162 Å². The largest absolute Gasteiger partial charge is 0.347 e.